The van der Waals surface area contributed by atoms with E-state index in [0.717, 1.165) is 37.5 Å². The van der Waals surface area contributed by atoms with Gasteiger partial charge in [-0.1, -0.05) is 54.6 Å². The molecule has 2 unspecified atom stereocenters. The summed E-state index contributed by atoms with van der Waals surface area (Å²) in [5, 5.41) is 0. The monoisotopic (exact) mass is 427 g/mol. The molecule has 5 rings (SSSR count). The van der Waals surface area contributed by atoms with Gasteiger partial charge in [0, 0.05) is 12.5 Å². The van der Waals surface area contributed by atoms with Crippen LogP contribution in [0.4, 0.5) is 0 Å². The van der Waals surface area contributed by atoms with Crippen molar-refractivity contribution >= 4 is 0 Å². The van der Waals surface area contributed by atoms with E-state index in [4.69, 9.17) is 9.47 Å². The minimum Gasteiger partial charge on any atom is -0.496 e. The smallest absolute Gasteiger partial charge is 0.122 e. The quantitative estimate of drug-likeness (QED) is 0.459. The minimum absolute atomic E-state index is 0.315. The SMILES string of the molecule is COc1ccccc1C1CCc2ccccc2C1c1ccc(OCCN2CCCC2)cc1. The van der Waals surface area contributed by atoms with Gasteiger partial charge in [-0.25, -0.2) is 0 Å². The summed E-state index contributed by atoms with van der Waals surface area (Å²) in [7, 11) is 1.78. The fraction of sp³-hybridized carbons (Fsp3) is 0.379. The van der Waals surface area contributed by atoms with Crippen molar-refractivity contribution in [2.75, 3.05) is 33.4 Å². The summed E-state index contributed by atoms with van der Waals surface area (Å²) < 4.78 is 11.8. The summed E-state index contributed by atoms with van der Waals surface area (Å²) in [6.45, 7) is 4.21. The van der Waals surface area contributed by atoms with Gasteiger partial charge in [-0.3, -0.25) is 4.90 Å². The van der Waals surface area contributed by atoms with E-state index in [1.807, 2.05) is 0 Å². The second-order valence-electron chi connectivity index (χ2n) is 9.03. The van der Waals surface area contributed by atoms with Gasteiger partial charge in [0.1, 0.15) is 18.1 Å². The van der Waals surface area contributed by atoms with Crippen molar-refractivity contribution in [3.8, 4) is 11.5 Å². The third-order valence-corrected chi connectivity index (χ3v) is 7.17. The highest BCUT2D eigenvalue weighted by atomic mass is 16.5. The lowest BCUT2D eigenvalue weighted by Gasteiger charge is -2.35. The molecule has 166 valence electrons. The lowest BCUT2D eigenvalue weighted by Crippen LogP contribution is -2.25. The Kier molecular flexibility index (Phi) is 6.45. The lowest BCUT2D eigenvalue weighted by molar-refractivity contribution is 0.237. The maximum Gasteiger partial charge on any atom is 0.122 e. The molecule has 3 heteroatoms. The van der Waals surface area contributed by atoms with Crippen LogP contribution in [0.2, 0.25) is 0 Å². The van der Waals surface area contributed by atoms with E-state index in [1.165, 1.54) is 48.2 Å². The van der Waals surface area contributed by atoms with E-state index < -0.39 is 0 Å². The van der Waals surface area contributed by atoms with Crippen molar-refractivity contribution in [3.05, 3.63) is 95.1 Å². The number of benzene rings is 3. The van der Waals surface area contributed by atoms with Crippen molar-refractivity contribution in [2.24, 2.45) is 0 Å². The van der Waals surface area contributed by atoms with Gasteiger partial charge in [-0.2, -0.15) is 0 Å². The number of aryl methyl sites for hydroxylation is 1. The third kappa shape index (κ3) is 4.40. The average Bonchev–Trinajstić information content (AvgIpc) is 3.37. The van der Waals surface area contributed by atoms with Crippen molar-refractivity contribution in [1.82, 2.24) is 4.90 Å². The fourth-order valence-electron chi connectivity index (χ4n) is 5.55. The summed E-state index contributed by atoms with van der Waals surface area (Å²) in [4.78, 5) is 2.49. The molecule has 0 N–H and O–H groups in total. The van der Waals surface area contributed by atoms with Gasteiger partial charge in [0.25, 0.3) is 0 Å². The first-order valence-corrected chi connectivity index (χ1v) is 12.0. The first kappa shape index (κ1) is 21.1. The molecule has 0 radical (unpaired) electrons. The molecule has 32 heavy (non-hydrogen) atoms. The van der Waals surface area contributed by atoms with Gasteiger partial charge in [0.15, 0.2) is 0 Å². The molecule has 1 aliphatic heterocycles. The molecule has 1 aliphatic carbocycles. The zero-order chi connectivity index (χ0) is 21.8. The Labute approximate surface area is 192 Å². The molecule has 1 heterocycles. The van der Waals surface area contributed by atoms with Crippen LogP contribution in [0.25, 0.3) is 0 Å². The van der Waals surface area contributed by atoms with E-state index in [-0.39, 0.29) is 0 Å². The van der Waals surface area contributed by atoms with Gasteiger partial charge in [-0.15, -0.1) is 0 Å². The third-order valence-electron chi connectivity index (χ3n) is 7.17. The number of hydrogen-bond donors (Lipinski definition) is 0. The number of nitrogens with zero attached hydrogens (tertiary/aromatic N) is 1. The number of hydrogen-bond acceptors (Lipinski definition) is 3. The van der Waals surface area contributed by atoms with Crippen LogP contribution in [0.15, 0.2) is 72.8 Å². The Bertz CT molecular complexity index is 1020. The van der Waals surface area contributed by atoms with Crippen molar-refractivity contribution < 1.29 is 9.47 Å². The minimum atomic E-state index is 0.315. The normalized spacial score (nSPS) is 20.7. The standard InChI is InChI=1S/C29H33NO2/c1-31-28-11-5-4-10-26(28)27-17-14-22-8-2-3-9-25(22)29(27)23-12-15-24(16-13-23)32-21-20-30-18-6-7-19-30/h2-5,8-13,15-16,27,29H,6-7,14,17-21H2,1H3. The van der Waals surface area contributed by atoms with Crippen molar-refractivity contribution in [1.29, 1.82) is 0 Å². The van der Waals surface area contributed by atoms with Crippen molar-refractivity contribution in [2.45, 2.75) is 37.5 Å². The number of likely N-dealkylation sites (tertiary alicyclic amines) is 1. The number of methoxy groups -OCH3 is 1. The molecule has 0 aromatic heterocycles. The molecule has 0 bridgehead atoms. The van der Waals surface area contributed by atoms with E-state index in [9.17, 15) is 0 Å². The first-order chi connectivity index (χ1) is 15.8. The molecular formula is C29H33NO2. The second kappa shape index (κ2) is 9.79. The Morgan fingerprint density at radius 3 is 2.34 bits per heavy atom. The van der Waals surface area contributed by atoms with Crippen LogP contribution in [0.1, 0.15) is 53.4 Å². The van der Waals surface area contributed by atoms with E-state index in [1.54, 1.807) is 7.11 Å². The average molecular weight is 428 g/mol. The maximum absolute atomic E-state index is 6.07. The van der Waals surface area contributed by atoms with Crippen LogP contribution in [0.3, 0.4) is 0 Å². The molecule has 1 saturated heterocycles. The Balaban J connectivity index is 1.40. The molecule has 3 aromatic carbocycles. The van der Waals surface area contributed by atoms with Crippen LogP contribution in [-0.4, -0.2) is 38.3 Å². The van der Waals surface area contributed by atoms with Crippen LogP contribution >= 0.6 is 0 Å². The maximum atomic E-state index is 6.07. The first-order valence-electron chi connectivity index (χ1n) is 12.0. The molecule has 3 aromatic rings. The van der Waals surface area contributed by atoms with E-state index in [0.29, 0.717) is 11.8 Å². The van der Waals surface area contributed by atoms with E-state index >= 15 is 0 Å². The summed E-state index contributed by atoms with van der Waals surface area (Å²) in [6.07, 6.45) is 4.87. The van der Waals surface area contributed by atoms with Crippen LogP contribution < -0.4 is 9.47 Å². The fourth-order valence-corrected chi connectivity index (χ4v) is 5.55. The number of para-hydroxylation sites is 1. The largest absolute Gasteiger partial charge is 0.496 e. The Morgan fingerprint density at radius 2 is 1.56 bits per heavy atom. The molecule has 3 nitrogen and oxygen atoms in total. The Morgan fingerprint density at radius 1 is 0.844 bits per heavy atom. The topological polar surface area (TPSA) is 21.7 Å². The second-order valence-corrected chi connectivity index (χ2v) is 9.03. The Hall–Kier alpha value is -2.78. The molecule has 0 saturated carbocycles. The van der Waals surface area contributed by atoms with Gasteiger partial charge >= 0.3 is 0 Å². The summed E-state index contributed by atoms with van der Waals surface area (Å²) in [6, 6.07) is 26.3. The van der Waals surface area contributed by atoms with Gasteiger partial charge in [0.05, 0.1) is 7.11 Å². The molecule has 2 aliphatic rings. The van der Waals surface area contributed by atoms with Gasteiger partial charge in [-0.05, 0) is 85.1 Å². The van der Waals surface area contributed by atoms with Gasteiger partial charge < -0.3 is 9.47 Å². The predicted molar refractivity (Wildman–Crippen MR) is 130 cm³/mol. The predicted octanol–water partition coefficient (Wildman–Crippen LogP) is 6.03. The van der Waals surface area contributed by atoms with Crippen LogP contribution in [0.5, 0.6) is 11.5 Å². The molecular weight excluding hydrogens is 394 g/mol. The highest BCUT2D eigenvalue weighted by molar-refractivity contribution is 5.48. The van der Waals surface area contributed by atoms with Crippen LogP contribution in [-0.2, 0) is 6.42 Å². The summed E-state index contributed by atoms with van der Waals surface area (Å²) >= 11 is 0. The van der Waals surface area contributed by atoms with Gasteiger partial charge in [0.2, 0.25) is 0 Å². The highest BCUT2D eigenvalue weighted by Crippen LogP contribution is 2.48. The molecule has 0 spiro atoms. The van der Waals surface area contributed by atoms with Crippen LogP contribution in [0, 0.1) is 0 Å². The lowest BCUT2D eigenvalue weighted by atomic mass is 9.69. The summed E-state index contributed by atoms with van der Waals surface area (Å²) in [5.41, 5.74) is 5.56. The number of ether oxygens (including phenoxy) is 2. The highest BCUT2D eigenvalue weighted by Gasteiger charge is 2.33. The summed E-state index contributed by atoms with van der Waals surface area (Å²) in [5.74, 6) is 2.66. The van der Waals surface area contributed by atoms with E-state index in [2.05, 4.69) is 77.7 Å². The van der Waals surface area contributed by atoms with Crippen molar-refractivity contribution in [3.63, 3.8) is 0 Å². The molecule has 0 amide bonds. The molecule has 2 atom stereocenters. The zero-order valence-electron chi connectivity index (χ0n) is 19.0. The zero-order valence-corrected chi connectivity index (χ0v) is 19.0. The number of fused-ring (bicyclic) bond motifs is 1. The molecule has 1 fully saturated rings. The number of rotatable bonds is 7.